The molecule has 8 nitrogen and oxygen atoms in total. The first-order chi connectivity index (χ1) is 13.4. The number of fused-ring (bicyclic) bond motifs is 1. The molecular weight excluding hydrogens is 356 g/mol. The molecule has 0 fully saturated rings. The molecule has 0 aromatic carbocycles. The van der Waals surface area contributed by atoms with Gasteiger partial charge in [-0.25, -0.2) is 9.97 Å². The van der Waals surface area contributed by atoms with E-state index >= 15 is 0 Å². The molecule has 3 aromatic heterocycles. The molecule has 2 atom stereocenters. The minimum absolute atomic E-state index is 0.204. The Kier molecular flexibility index (Phi) is 4.27. The van der Waals surface area contributed by atoms with Gasteiger partial charge in [0.25, 0.3) is 0 Å². The molecule has 142 valence electrons. The fourth-order valence-corrected chi connectivity index (χ4v) is 3.60. The summed E-state index contributed by atoms with van der Waals surface area (Å²) in [5, 5.41) is 10.3. The molecule has 1 aliphatic rings. The minimum atomic E-state index is -0.650. The van der Waals surface area contributed by atoms with Gasteiger partial charge in [-0.2, -0.15) is 0 Å². The Hall–Kier alpha value is -3.39. The molecule has 8 heteroatoms. The van der Waals surface area contributed by atoms with Crippen LogP contribution in [0.4, 0.5) is 5.82 Å². The summed E-state index contributed by atoms with van der Waals surface area (Å²) in [5.41, 5.74) is 10.4. The van der Waals surface area contributed by atoms with Crippen LogP contribution in [0.5, 0.6) is 0 Å². The van der Waals surface area contributed by atoms with Crippen molar-refractivity contribution >= 4 is 28.5 Å². The summed E-state index contributed by atoms with van der Waals surface area (Å²) in [6, 6.07) is 0. The van der Waals surface area contributed by atoms with Gasteiger partial charge in [0.15, 0.2) is 11.4 Å². The third-order valence-electron chi connectivity index (χ3n) is 5.01. The number of ketones is 1. The first-order valence-corrected chi connectivity index (χ1v) is 8.91. The van der Waals surface area contributed by atoms with Gasteiger partial charge in [0, 0.05) is 24.0 Å². The Morgan fingerprint density at radius 3 is 2.68 bits per heavy atom. The van der Waals surface area contributed by atoms with Crippen molar-refractivity contribution in [2.24, 2.45) is 5.92 Å². The first kappa shape index (κ1) is 18.0. The van der Waals surface area contributed by atoms with Crippen LogP contribution >= 0.6 is 0 Å². The molecule has 0 amide bonds. The molecule has 0 saturated heterocycles. The van der Waals surface area contributed by atoms with E-state index in [1.807, 2.05) is 19.9 Å². The van der Waals surface area contributed by atoms with Crippen molar-refractivity contribution in [3.63, 3.8) is 0 Å². The van der Waals surface area contributed by atoms with Crippen LogP contribution in [0.1, 0.15) is 31.1 Å². The van der Waals surface area contributed by atoms with E-state index in [0.717, 1.165) is 11.3 Å². The predicted octanol–water partition coefficient (Wildman–Crippen LogP) is 2.47. The molecule has 0 unspecified atom stereocenters. The normalized spacial score (nSPS) is 19.4. The number of Topliss-reactive ketones (excluding diaryl/α,β-unsaturated/α-hetero) is 1. The number of aliphatic hydroxyl groups excluding tert-OH is 1. The molecule has 4 rings (SSSR count). The fourth-order valence-electron chi connectivity index (χ4n) is 3.60. The summed E-state index contributed by atoms with van der Waals surface area (Å²) in [4.78, 5) is 29.9. The van der Waals surface area contributed by atoms with E-state index in [1.54, 1.807) is 35.4 Å². The maximum Gasteiger partial charge on any atom is 0.165 e. The summed E-state index contributed by atoms with van der Waals surface area (Å²) in [7, 11) is 0. The molecular formula is C20H20N6O2. The average Bonchev–Trinajstić information content (AvgIpc) is 2.97. The van der Waals surface area contributed by atoms with Crippen molar-refractivity contribution in [3.8, 4) is 11.4 Å². The maximum absolute atomic E-state index is 12.4. The molecule has 3 aromatic rings. The van der Waals surface area contributed by atoms with E-state index in [0.29, 0.717) is 28.1 Å². The standard InChI is InChI=1S/C20H20N6O2/c1-10-4-5-15(28)11(2)18(10)26-19(21)16(12(3)27)17-20(26)24-9-14(25-17)13-8-22-6-7-23-13/h4-9,11,15,28H,21H2,1-3H3/t11-,15-/m1/s1. The molecule has 28 heavy (non-hydrogen) atoms. The highest BCUT2D eigenvalue weighted by Gasteiger charge is 2.29. The SMILES string of the molecule is CC(=O)c1c(N)n(C2=C(C)C=C[C@@H](O)[C@H]2C)c2ncc(-c3cnccn3)nc12. The number of aliphatic hydroxyl groups is 1. The van der Waals surface area contributed by atoms with Gasteiger partial charge in [0.1, 0.15) is 22.7 Å². The van der Waals surface area contributed by atoms with E-state index in [-0.39, 0.29) is 17.5 Å². The van der Waals surface area contributed by atoms with Crippen LogP contribution in [0.15, 0.2) is 42.5 Å². The van der Waals surface area contributed by atoms with E-state index in [4.69, 9.17) is 5.73 Å². The summed E-state index contributed by atoms with van der Waals surface area (Å²) >= 11 is 0. The lowest BCUT2D eigenvalue weighted by atomic mass is 9.91. The van der Waals surface area contributed by atoms with Crippen LogP contribution in [0, 0.1) is 5.92 Å². The Morgan fingerprint density at radius 1 is 1.21 bits per heavy atom. The molecule has 0 saturated carbocycles. The second-order valence-electron chi connectivity index (χ2n) is 6.88. The monoisotopic (exact) mass is 376 g/mol. The number of anilines is 1. The fraction of sp³-hybridized carbons (Fsp3) is 0.250. The maximum atomic E-state index is 12.4. The van der Waals surface area contributed by atoms with E-state index in [1.165, 1.54) is 6.92 Å². The van der Waals surface area contributed by atoms with Gasteiger partial charge >= 0.3 is 0 Å². The quantitative estimate of drug-likeness (QED) is 0.674. The van der Waals surface area contributed by atoms with Crippen molar-refractivity contribution in [3.05, 3.63) is 48.1 Å². The minimum Gasteiger partial charge on any atom is -0.388 e. The summed E-state index contributed by atoms with van der Waals surface area (Å²) in [5.74, 6) is -0.156. The van der Waals surface area contributed by atoms with Gasteiger partial charge in [-0.05, 0) is 19.4 Å². The second-order valence-corrected chi connectivity index (χ2v) is 6.88. The third kappa shape index (κ3) is 2.69. The van der Waals surface area contributed by atoms with Crippen LogP contribution in [0.3, 0.4) is 0 Å². The Bertz CT molecular complexity index is 1150. The zero-order valence-electron chi connectivity index (χ0n) is 15.8. The number of carbonyl (C=O) groups is 1. The number of nitrogen functional groups attached to an aromatic ring is 1. The van der Waals surface area contributed by atoms with Gasteiger partial charge in [-0.15, -0.1) is 0 Å². The average molecular weight is 376 g/mol. The molecule has 0 spiro atoms. The molecule has 0 bridgehead atoms. The van der Waals surface area contributed by atoms with Crippen LogP contribution in [0.2, 0.25) is 0 Å². The summed E-state index contributed by atoms with van der Waals surface area (Å²) in [6.07, 6.45) is 9.25. The zero-order valence-corrected chi connectivity index (χ0v) is 15.8. The Balaban J connectivity index is 2.03. The molecule has 0 aliphatic heterocycles. The van der Waals surface area contributed by atoms with Crippen molar-refractivity contribution in [1.29, 1.82) is 0 Å². The highest BCUT2D eigenvalue weighted by molar-refractivity contribution is 6.11. The van der Waals surface area contributed by atoms with Crippen LogP contribution < -0.4 is 5.73 Å². The van der Waals surface area contributed by atoms with Gasteiger partial charge in [-0.3, -0.25) is 19.3 Å². The van der Waals surface area contributed by atoms with Gasteiger partial charge in [0.05, 0.1) is 24.1 Å². The van der Waals surface area contributed by atoms with E-state index in [9.17, 15) is 9.90 Å². The number of carbonyl (C=O) groups excluding carboxylic acids is 1. The Morgan fingerprint density at radius 2 is 2.00 bits per heavy atom. The first-order valence-electron chi connectivity index (χ1n) is 8.91. The van der Waals surface area contributed by atoms with Crippen molar-refractivity contribution in [1.82, 2.24) is 24.5 Å². The highest BCUT2D eigenvalue weighted by Crippen LogP contribution is 2.37. The zero-order chi connectivity index (χ0) is 20.0. The lowest BCUT2D eigenvalue weighted by Crippen LogP contribution is -2.24. The highest BCUT2D eigenvalue weighted by atomic mass is 16.3. The lowest BCUT2D eigenvalue weighted by molar-refractivity contribution is 0.102. The smallest absolute Gasteiger partial charge is 0.165 e. The number of hydrogen-bond donors (Lipinski definition) is 2. The number of rotatable bonds is 3. The van der Waals surface area contributed by atoms with Crippen molar-refractivity contribution in [2.45, 2.75) is 26.9 Å². The third-order valence-corrected chi connectivity index (χ3v) is 5.01. The van der Waals surface area contributed by atoms with E-state index in [2.05, 4.69) is 19.9 Å². The number of nitrogens with zero attached hydrogens (tertiary/aromatic N) is 5. The number of nitrogens with two attached hydrogens (primary N) is 1. The molecule has 0 radical (unpaired) electrons. The number of aromatic nitrogens is 5. The van der Waals surface area contributed by atoms with Crippen molar-refractivity contribution < 1.29 is 9.90 Å². The predicted molar refractivity (Wildman–Crippen MR) is 106 cm³/mol. The lowest BCUT2D eigenvalue weighted by Gasteiger charge is -2.27. The second kappa shape index (κ2) is 6.65. The van der Waals surface area contributed by atoms with Gasteiger partial charge in [0.2, 0.25) is 0 Å². The summed E-state index contributed by atoms with van der Waals surface area (Å²) in [6.45, 7) is 5.30. The van der Waals surface area contributed by atoms with Crippen molar-refractivity contribution in [2.75, 3.05) is 5.73 Å². The topological polar surface area (TPSA) is 120 Å². The van der Waals surface area contributed by atoms with Gasteiger partial charge < -0.3 is 10.8 Å². The van der Waals surface area contributed by atoms with E-state index < -0.39 is 6.10 Å². The van der Waals surface area contributed by atoms with Gasteiger partial charge in [-0.1, -0.05) is 19.1 Å². The van der Waals surface area contributed by atoms with Crippen LogP contribution in [0.25, 0.3) is 28.2 Å². The molecule has 3 N–H and O–H groups in total. The molecule has 1 aliphatic carbocycles. The summed E-state index contributed by atoms with van der Waals surface area (Å²) < 4.78 is 1.73. The van der Waals surface area contributed by atoms with Crippen LogP contribution in [-0.4, -0.2) is 41.5 Å². The molecule has 3 heterocycles. The van der Waals surface area contributed by atoms with Crippen LogP contribution in [-0.2, 0) is 0 Å². The largest absolute Gasteiger partial charge is 0.388 e. The Labute approximate surface area is 161 Å². The number of hydrogen-bond acceptors (Lipinski definition) is 7. The number of allylic oxidation sites excluding steroid dienone is 2.